The molecule has 6 nitrogen and oxygen atoms in total. The Morgan fingerprint density at radius 1 is 1.11 bits per heavy atom. The molecule has 1 aliphatic rings. The smallest absolute Gasteiger partial charge is 0.181 e. The number of tetrazole rings is 1. The van der Waals surface area contributed by atoms with Crippen molar-refractivity contribution in [2.75, 3.05) is 12.4 Å². The van der Waals surface area contributed by atoms with Gasteiger partial charge in [0, 0.05) is 5.69 Å². The minimum atomic E-state index is -0.288. The number of aryl methyl sites for hydroxylation is 1. The fourth-order valence-electron chi connectivity index (χ4n) is 4.04. The first kappa shape index (κ1) is 18.5. The van der Waals surface area contributed by atoms with Gasteiger partial charge in [0.05, 0.1) is 18.3 Å². The van der Waals surface area contributed by atoms with Crippen molar-refractivity contribution in [2.24, 2.45) is 5.92 Å². The van der Waals surface area contributed by atoms with Crippen LogP contribution in [0.5, 0.6) is 5.75 Å². The molecule has 6 heteroatoms. The third-order valence-corrected chi connectivity index (χ3v) is 5.74. The molecular formula is C22H27N5O. The Balaban J connectivity index is 1.74. The molecule has 4 rings (SSSR count). The van der Waals surface area contributed by atoms with Crippen LogP contribution in [-0.4, -0.2) is 27.3 Å². The third kappa shape index (κ3) is 3.59. The van der Waals surface area contributed by atoms with Gasteiger partial charge in [-0.05, 0) is 90.9 Å². The summed E-state index contributed by atoms with van der Waals surface area (Å²) < 4.78 is 7.14. The summed E-state index contributed by atoms with van der Waals surface area (Å²) in [6, 6.07) is 16.4. The van der Waals surface area contributed by atoms with E-state index in [2.05, 4.69) is 59.0 Å². The highest BCUT2D eigenvalue weighted by atomic mass is 16.5. The maximum Gasteiger partial charge on any atom is 0.181 e. The van der Waals surface area contributed by atoms with Crippen LogP contribution >= 0.6 is 0 Å². The Bertz CT molecular complexity index is 926. The molecule has 0 saturated heterocycles. The van der Waals surface area contributed by atoms with Crippen molar-refractivity contribution in [1.82, 2.24) is 20.2 Å². The number of hydrogen-bond acceptors (Lipinski definition) is 5. The molecule has 146 valence electrons. The molecule has 0 atom stereocenters. The van der Waals surface area contributed by atoms with E-state index in [0.717, 1.165) is 54.5 Å². The van der Waals surface area contributed by atoms with E-state index in [1.807, 2.05) is 28.9 Å². The largest absolute Gasteiger partial charge is 0.497 e. The van der Waals surface area contributed by atoms with Crippen LogP contribution in [0.1, 0.15) is 44.0 Å². The zero-order valence-corrected chi connectivity index (χ0v) is 16.7. The number of aromatic nitrogens is 4. The lowest BCUT2D eigenvalue weighted by Crippen LogP contribution is -2.41. The number of ether oxygens (including phenoxy) is 1. The molecule has 1 heterocycles. The molecule has 28 heavy (non-hydrogen) atoms. The number of anilines is 1. The number of hydrogen-bond donors (Lipinski definition) is 1. The van der Waals surface area contributed by atoms with Crippen LogP contribution in [-0.2, 0) is 5.54 Å². The Hall–Kier alpha value is -2.89. The second kappa shape index (κ2) is 7.62. The average Bonchev–Trinajstić information content (AvgIpc) is 3.21. The Morgan fingerprint density at radius 3 is 2.54 bits per heavy atom. The number of benzene rings is 2. The van der Waals surface area contributed by atoms with E-state index in [-0.39, 0.29) is 5.54 Å². The van der Waals surface area contributed by atoms with E-state index in [9.17, 15) is 0 Å². The minimum absolute atomic E-state index is 0.288. The number of nitrogens with one attached hydrogen (secondary N) is 1. The van der Waals surface area contributed by atoms with Gasteiger partial charge in [0.2, 0.25) is 0 Å². The highest BCUT2D eigenvalue weighted by Gasteiger charge is 2.40. The van der Waals surface area contributed by atoms with E-state index in [4.69, 9.17) is 4.74 Å². The summed E-state index contributed by atoms with van der Waals surface area (Å²) in [6.07, 6.45) is 4.29. The Kier molecular flexibility index (Phi) is 5.03. The molecule has 1 aliphatic carbocycles. The first-order chi connectivity index (χ1) is 13.6. The molecule has 0 aliphatic heterocycles. The summed E-state index contributed by atoms with van der Waals surface area (Å²) in [5, 5.41) is 16.6. The monoisotopic (exact) mass is 377 g/mol. The number of methoxy groups -OCH3 is 1. The Labute approximate surface area is 165 Å². The molecule has 0 spiro atoms. The SMILES string of the molecule is COc1ccc(-n2nnnc2C2(Nc3cccc(C)c3)CCC(C)CC2)cc1. The van der Waals surface area contributed by atoms with Crippen molar-refractivity contribution in [2.45, 2.75) is 45.1 Å². The van der Waals surface area contributed by atoms with E-state index in [1.165, 1.54) is 5.56 Å². The van der Waals surface area contributed by atoms with Crippen molar-refractivity contribution in [3.63, 3.8) is 0 Å². The second-order valence-electron chi connectivity index (χ2n) is 7.87. The summed E-state index contributed by atoms with van der Waals surface area (Å²) in [4.78, 5) is 0. The lowest BCUT2D eigenvalue weighted by Gasteiger charge is -2.39. The molecule has 0 radical (unpaired) electrons. The lowest BCUT2D eigenvalue weighted by atomic mass is 9.76. The summed E-state index contributed by atoms with van der Waals surface area (Å²) in [6.45, 7) is 4.44. The molecule has 0 amide bonds. The van der Waals surface area contributed by atoms with Crippen LogP contribution < -0.4 is 10.1 Å². The molecular weight excluding hydrogens is 350 g/mol. The van der Waals surface area contributed by atoms with Gasteiger partial charge < -0.3 is 10.1 Å². The van der Waals surface area contributed by atoms with Crippen molar-refractivity contribution in [3.8, 4) is 11.4 Å². The first-order valence-corrected chi connectivity index (χ1v) is 9.88. The molecule has 1 saturated carbocycles. The number of nitrogens with zero attached hydrogens (tertiary/aromatic N) is 4. The van der Waals surface area contributed by atoms with Crippen LogP contribution in [0, 0.1) is 12.8 Å². The van der Waals surface area contributed by atoms with Gasteiger partial charge in [0.15, 0.2) is 5.82 Å². The van der Waals surface area contributed by atoms with Crippen molar-refractivity contribution >= 4 is 5.69 Å². The minimum Gasteiger partial charge on any atom is -0.497 e. The summed E-state index contributed by atoms with van der Waals surface area (Å²) in [7, 11) is 1.67. The fraction of sp³-hybridized carbons (Fsp3) is 0.409. The summed E-state index contributed by atoms with van der Waals surface area (Å²) in [5.41, 5.74) is 2.99. The molecule has 3 aromatic rings. The van der Waals surface area contributed by atoms with Crippen LogP contribution in [0.4, 0.5) is 5.69 Å². The zero-order chi connectivity index (χ0) is 19.6. The molecule has 1 N–H and O–H groups in total. The van der Waals surface area contributed by atoms with Gasteiger partial charge in [-0.15, -0.1) is 5.10 Å². The molecule has 0 bridgehead atoms. The summed E-state index contributed by atoms with van der Waals surface area (Å²) >= 11 is 0. The maximum atomic E-state index is 5.28. The standard InChI is InChI=1S/C22H27N5O/c1-16-11-13-22(14-12-16,23-18-6-4-5-17(2)15-18)21-24-25-26-27(21)19-7-9-20(28-3)10-8-19/h4-10,15-16,23H,11-14H2,1-3H3. The predicted octanol–water partition coefficient (Wildman–Crippen LogP) is 4.50. The topological polar surface area (TPSA) is 64.9 Å². The van der Waals surface area contributed by atoms with Gasteiger partial charge in [-0.1, -0.05) is 19.1 Å². The van der Waals surface area contributed by atoms with Gasteiger partial charge in [-0.25, -0.2) is 0 Å². The van der Waals surface area contributed by atoms with Gasteiger partial charge in [-0.2, -0.15) is 4.68 Å². The van der Waals surface area contributed by atoms with Crippen LogP contribution in [0.2, 0.25) is 0 Å². The molecule has 1 fully saturated rings. The van der Waals surface area contributed by atoms with Gasteiger partial charge in [0.25, 0.3) is 0 Å². The van der Waals surface area contributed by atoms with Gasteiger partial charge >= 0.3 is 0 Å². The average molecular weight is 377 g/mol. The van der Waals surface area contributed by atoms with Crippen LogP contribution in [0.3, 0.4) is 0 Å². The highest BCUT2D eigenvalue weighted by molar-refractivity contribution is 5.49. The van der Waals surface area contributed by atoms with Crippen molar-refractivity contribution in [3.05, 3.63) is 59.9 Å². The fourth-order valence-corrected chi connectivity index (χ4v) is 4.04. The van der Waals surface area contributed by atoms with E-state index in [0.29, 0.717) is 0 Å². The zero-order valence-electron chi connectivity index (χ0n) is 16.7. The van der Waals surface area contributed by atoms with Crippen molar-refractivity contribution in [1.29, 1.82) is 0 Å². The third-order valence-electron chi connectivity index (χ3n) is 5.74. The Morgan fingerprint density at radius 2 is 1.86 bits per heavy atom. The van der Waals surface area contributed by atoms with E-state index >= 15 is 0 Å². The van der Waals surface area contributed by atoms with Gasteiger partial charge in [-0.3, -0.25) is 0 Å². The molecule has 2 aromatic carbocycles. The van der Waals surface area contributed by atoms with Crippen molar-refractivity contribution < 1.29 is 4.74 Å². The quantitative estimate of drug-likeness (QED) is 0.709. The first-order valence-electron chi connectivity index (χ1n) is 9.88. The number of rotatable bonds is 5. The predicted molar refractivity (Wildman–Crippen MR) is 110 cm³/mol. The highest BCUT2D eigenvalue weighted by Crippen LogP contribution is 2.41. The normalized spacial score (nSPS) is 22.0. The maximum absolute atomic E-state index is 5.28. The second-order valence-corrected chi connectivity index (χ2v) is 7.87. The van der Waals surface area contributed by atoms with E-state index in [1.54, 1.807) is 7.11 Å². The lowest BCUT2D eigenvalue weighted by molar-refractivity contribution is 0.255. The van der Waals surface area contributed by atoms with E-state index < -0.39 is 0 Å². The van der Waals surface area contributed by atoms with Crippen LogP contribution in [0.15, 0.2) is 48.5 Å². The molecule has 1 aromatic heterocycles. The van der Waals surface area contributed by atoms with Gasteiger partial charge in [0.1, 0.15) is 5.75 Å². The summed E-state index contributed by atoms with van der Waals surface area (Å²) in [5.74, 6) is 2.40. The molecule has 0 unspecified atom stereocenters. The van der Waals surface area contributed by atoms with Crippen LogP contribution in [0.25, 0.3) is 5.69 Å².